The molecule has 2 atom stereocenters. The summed E-state index contributed by atoms with van der Waals surface area (Å²) in [5.41, 5.74) is 5.01. The summed E-state index contributed by atoms with van der Waals surface area (Å²) in [4.78, 5) is 53.4. The molecule has 10 heteroatoms. The first-order valence-corrected chi connectivity index (χ1v) is 14.5. The zero-order chi connectivity index (χ0) is 30.1. The van der Waals surface area contributed by atoms with Gasteiger partial charge in [0.25, 0.3) is 0 Å². The minimum atomic E-state index is -1.15. The first-order valence-electron chi connectivity index (χ1n) is 14.5. The van der Waals surface area contributed by atoms with Crippen LogP contribution in [0.4, 0.5) is 4.79 Å². The maximum Gasteiger partial charge on any atom is 0.408 e. The summed E-state index contributed by atoms with van der Waals surface area (Å²) in [7, 11) is 0. The standard InChI is InChI=1S/C30H50N4O6/c1-6-8-10-11-12-13-20-34(26(27(37)32-19-9-7-2)22-15-14-16-23(35)21-22)28(38)24(17-18-25(31)36)33-29(39)40-30(3,4)5/h14-16,21,24,26,35H,6-13,17-20H2,1-5H3,(H2,31,36)(H,32,37)(H,33,39). The van der Waals surface area contributed by atoms with Crippen LogP contribution in [0.2, 0.25) is 0 Å². The van der Waals surface area contributed by atoms with E-state index in [-0.39, 0.29) is 31.0 Å². The molecule has 2 unspecified atom stereocenters. The monoisotopic (exact) mass is 562 g/mol. The fraction of sp³-hybridized carbons (Fsp3) is 0.667. The fourth-order valence-corrected chi connectivity index (χ4v) is 4.28. The predicted octanol–water partition coefficient (Wildman–Crippen LogP) is 4.70. The van der Waals surface area contributed by atoms with Crippen LogP contribution in [0.1, 0.15) is 110 Å². The highest BCUT2D eigenvalue weighted by Crippen LogP contribution is 2.27. The van der Waals surface area contributed by atoms with E-state index in [1.807, 2.05) is 6.92 Å². The van der Waals surface area contributed by atoms with E-state index in [0.29, 0.717) is 18.5 Å². The summed E-state index contributed by atoms with van der Waals surface area (Å²) in [6, 6.07) is 4.06. The third-order valence-electron chi connectivity index (χ3n) is 6.28. The molecule has 1 aromatic carbocycles. The molecule has 0 aromatic heterocycles. The lowest BCUT2D eigenvalue weighted by atomic mass is 10.00. The van der Waals surface area contributed by atoms with Crippen molar-refractivity contribution >= 4 is 23.8 Å². The highest BCUT2D eigenvalue weighted by molar-refractivity contribution is 5.92. The zero-order valence-corrected chi connectivity index (χ0v) is 25.0. The number of carbonyl (C=O) groups is 4. The summed E-state index contributed by atoms with van der Waals surface area (Å²) in [6.45, 7) is 9.95. The number of phenolic OH excluding ortho intramolecular Hbond substituents is 1. The molecule has 0 aliphatic carbocycles. The zero-order valence-electron chi connectivity index (χ0n) is 25.0. The van der Waals surface area contributed by atoms with Crippen LogP contribution in [0.25, 0.3) is 0 Å². The molecule has 0 aliphatic rings. The van der Waals surface area contributed by atoms with Crippen molar-refractivity contribution in [3.8, 4) is 5.75 Å². The topological polar surface area (TPSA) is 151 Å². The van der Waals surface area contributed by atoms with E-state index in [1.165, 1.54) is 17.0 Å². The van der Waals surface area contributed by atoms with Gasteiger partial charge >= 0.3 is 6.09 Å². The van der Waals surface area contributed by atoms with Gasteiger partial charge in [-0.3, -0.25) is 14.4 Å². The fourth-order valence-electron chi connectivity index (χ4n) is 4.28. The molecule has 0 saturated heterocycles. The first kappa shape index (κ1) is 34.7. The third kappa shape index (κ3) is 13.7. The molecule has 0 aliphatic heterocycles. The summed E-state index contributed by atoms with van der Waals surface area (Å²) in [6.07, 6.45) is 6.47. The molecule has 0 spiro atoms. The predicted molar refractivity (Wildman–Crippen MR) is 155 cm³/mol. The molecule has 1 aromatic rings. The summed E-state index contributed by atoms with van der Waals surface area (Å²) in [5.74, 6) is -1.56. The highest BCUT2D eigenvalue weighted by atomic mass is 16.6. The molecule has 1 rings (SSSR count). The number of nitrogens with zero attached hydrogens (tertiary/aromatic N) is 1. The van der Waals surface area contributed by atoms with Gasteiger partial charge in [-0.2, -0.15) is 0 Å². The van der Waals surface area contributed by atoms with Crippen LogP contribution in [-0.4, -0.2) is 58.6 Å². The van der Waals surface area contributed by atoms with Gasteiger partial charge < -0.3 is 31.1 Å². The molecule has 0 heterocycles. The van der Waals surface area contributed by atoms with E-state index in [0.717, 1.165) is 44.9 Å². The Morgan fingerprint density at radius 2 is 1.65 bits per heavy atom. The summed E-state index contributed by atoms with van der Waals surface area (Å²) in [5, 5.41) is 15.7. The second kappa shape index (κ2) is 18.1. The molecule has 0 fully saturated rings. The number of nitrogens with one attached hydrogen (secondary N) is 2. The maximum atomic E-state index is 14.1. The van der Waals surface area contributed by atoms with Crippen LogP contribution in [0, 0.1) is 0 Å². The molecule has 0 saturated carbocycles. The van der Waals surface area contributed by atoms with Crippen LogP contribution in [-0.2, 0) is 19.1 Å². The second-order valence-corrected chi connectivity index (χ2v) is 11.1. The minimum absolute atomic E-state index is 0.0343. The van der Waals surface area contributed by atoms with Crippen LogP contribution in [0.5, 0.6) is 5.75 Å². The molecule has 10 nitrogen and oxygen atoms in total. The van der Waals surface area contributed by atoms with Crippen molar-refractivity contribution in [2.45, 2.75) is 117 Å². The van der Waals surface area contributed by atoms with Gasteiger partial charge in [0, 0.05) is 19.5 Å². The minimum Gasteiger partial charge on any atom is -0.508 e. The number of benzene rings is 1. The Kier molecular flexibility index (Phi) is 15.7. The Bertz CT molecular complexity index is 946. The Morgan fingerprint density at radius 1 is 1.00 bits per heavy atom. The number of alkyl carbamates (subject to hydrolysis) is 1. The summed E-state index contributed by atoms with van der Waals surface area (Å²) >= 11 is 0. The molecule has 40 heavy (non-hydrogen) atoms. The smallest absolute Gasteiger partial charge is 0.408 e. The number of unbranched alkanes of at least 4 members (excludes halogenated alkanes) is 6. The maximum absolute atomic E-state index is 14.1. The SMILES string of the molecule is CCCCCCCCN(C(=O)C(CCC(N)=O)NC(=O)OC(C)(C)C)C(C(=O)NCCCC)c1cccc(O)c1. The number of ether oxygens (including phenoxy) is 1. The van der Waals surface area contributed by atoms with E-state index in [2.05, 4.69) is 17.6 Å². The van der Waals surface area contributed by atoms with E-state index in [1.54, 1.807) is 32.9 Å². The van der Waals surface area contributed by atoms with Gasteiger partial charge in [-0.1, -0.05) is 64.5 Å². The van der Waals surface area contributed by atoms with Crippen molar-refractivity contribution < 1.29 is 29.0 Å². The lowest BCUT2D eigenvalue weighted by Gasteiger charge is -2.34. The van der Waals surface area contributed by atoms with Gasteiger partial charge in [0.15, 0.2) is 0 Å². The molecular weight excluding hydrogens is 512 g/mol. The normalized spacial score (nSPS) is 12.7. The van der Waals surface area contributed by atoms with E-state index < -0.39 is 35.6 Å². The Labute approximate surface area is 239 Å². The van der Waals surface area contributed by atoms with Gasteiger partial charge in [0.2, 0.25) is 17.7 Å². The molecule has 0 radical (unpaired) electrons. The number of hydrogen-bond donors (Lipinski definition) is 4. The quantitative estimate of drug-likeness (QED) is 0.190. The largest absolute Gasteiger partial charge is 0.508 e. The van der Waals surface area contributed by atoms with E-state index in [9.17, 15) is 24.3 Å². The molecular formula is C30H50N4O6. The van der Waals surface area contributed by atoms with Gasteiger partial charge in [-0.15, -0.1) is 0 Å². The average molecular weight is 563 g/mol. The van der Waals surface area contributed by atoms with Crippen LogP contribution >= 0.6 is 0 Å². The van der Waals surface area contributed by atoms with Crippen molar-refractivity contribution in [1.82, 2.24) is 15.5 Å². The number of rotatable bonds is 18. The number of hydrogen-bond acceptors (Lipinski definition) is 6. The molecule has 4 amide bonds. The second-order valence-electron chi connectivity index (χ2n) is 11.1. The van der Waals surface area contributed by atoms with Crippen LogP contribution in [0.3, 0.4) is 0 Å². The number of amides is 4. The Morgan fingerprint density at radius 3 is 2.25 bits per heavy atom. The number of aromatic hydroxyl groups is 1. The lowest BCUT2D eigenvalue weighted by molar-refractivity contribution is -0.142. The molecule has 0 bridgehead atoms. The molecule has 5 N–H and O–H groups in total. The lowest BCUT2D eigenvalue weighted by Crippen LogP contribution is -2.53. The van der Waals surface area contributed by atoms with Crippen molar-refractivity contribution in [1.29, 1.82) is 0 Å². The van der Waals surface area contributed by atoms with Gasteiger partial charge in [0.05, 0.1) is 0 Å². The Balaban J connectivity index is 3.43. The number of nitrogens with two attached hydrogens (primary N) is 1. The van der Waals surface area contributed by atoms with Crippen LogP contribution in [0.15, 0.2) is 24.3 Å². The highest BCUT2D eigenvalue weighted by Gasteiger charge is 2.36. The average Bonchev–Trinajstić information content (AvgIpc) is 2.86. The number of primary amides is 1. The van der Waals surface area contributed by atoms with E-state index in [4.69, 9.17) is 10.5 Å². The van der Waals surface area contributed by atoms with Gasteiger partial charge in [0.1, 0.15) is 23.4 Å². The van der Waals surface area contributed by atoms with Crippen molar-refractivity contribution in [3.05, 3.63) is 29.8 Å². The third-order valence-corrected chi connectivity index (χ3v) is 6.28. The van der Waals surface area contributed by atoms with Crippen molar-refractivity contribution in [2.75, 3.05) is 13.1 Å². The van der Waals surface area contributed by atoms with Crippen molar-refractivity contribution in [3.63, 3.8) is 0 Å². The number of carbonyl (C=O) groups excluding carboxylic acids is 4. The van der Waals surface area contributed by atoms with Gasteiger partial charge in [-0.05, 0) is 57.7 Å². The van der Waals surface area contributed by atoms with E-state index >= 15 is 0 Å². The van der Waals surface area contributed by atoms with Crippen molar-refractivity contribution in [2.24, 2.45) is 5.73 Å². The first-order chi connectivity index (χ1) is 18.9. The van der Waals surface area contributed by atoms with Gasteiger partial charge in [-0.25, -0.2) is 4.79 Å². The Hall–Kier alpha value is -3.30. The van der Waals surface area contributed by atoms with Crippen LogP contribution < -0.4 is 16.4 Å². The molecule has 226 valence electrons. The summed E-state index contributed by atoms with van der Waals surface area (Å²) < 4.78 is 5.37. The number of phenols is 1.